The minimum absolute atomic E-state index is 0.223. The van der Waals surface area contributed by atoms with Crippen LogP contribution >= 0.6 is 0 Å². The number of nitrogens with two attached hydrogens (primary N) is 1. The summed E-state index contributed by atoms with van der Waals surface area (Å²) in [5, 5.41) is 0. The van der Waals surface area contributed by atoms with Crippen LogP contribution in [0.3, 0.4) is 0 Å². The summed E-state index contributed by atoms with van der Waals surface area (Å²) >= 11 is 0. The smallest absolute Gasteiger partial charge is 0.135 e. The zero-order chi connectivity index (χ0) is 11.5. The van der Waals surface area contributed by atoms with Gasteiger partial charge in [0.05, 0.1) is 0 Å². The van der Waals surface area contributed by atoms with Gasteiger partial charge in [0.25, 0.3) is 0 Å². The van der Waals surface area contributed by atoms with Crippen LogP contribution in [0.25, 0.3) is 11.3 Å². The van der Waals surface area contributed by atoms with Crippen LogP contribution < -0.4 is 5.90 Å². The van der Waals surface area contributed by atoms with Crippen molar-refractivity contribution in [2.24, 2.45) is 5.90 Å². The van der Waals surface area contributed by atoms with E-state index in [0.29, 0.717) is 0 Å². The Labute approximate surface area is 94.8 Å². The monoisotopic (exact) mass is 217 g/mol. The number of aryl methyl sites for hydroxylation is 1. The van der Waals surface area contributed by atoms with Gasteiger partial charge in [0, 0.05) is 5.56 Å². The number of furan rings is 1. The van der Waals surface area contributed by atoms with Crippen molar-refractivity contribution < 1.29 is 9.25 Å². The molecule has 0 aliphatic heterocycles. The summed E-state index contributed by atoms with van der Waals surface area (Å²) in [6.07, 6.45) is -0.223. The molecule has 3 heteroatoms. The van der Waals surface area contributed by atoms with E-state index < -0.39 is 0 Å². The molecule has 0 saturated carbocycles. The zero-order valence-electron chi connectivity index (χ0n) is 9.44. The molecule has 3 nitrogen and oxygen atoms in total. The summed E-state index contributed by atoms with van der Waals surface area (Å²) in [5.74, 6) is 6.68. The quantitative estimate of drug-likeness (QED) is 0.803. The van der Waals surface area contributed by atoms with Gasteiger partial charge in [0.2, 0.25) is 0 Å². The van der Waals surface area contributed by atoms with Crippen molar-refractivity contribution in [3.05, 3.63) is 47.7 Å². The van der Waals surface area contributed by atoms with E-state index in [1.165, 1.54) is 5.56 Å². The van der Waals surface area contributed by atoms with Crippen LogP contribution in [0.5, 0.6) is 0 Å². The predicted molar refractivity (Wildman–Crippen MR) is 62.6 cm³/mol. The highest BCUT2D eigenvalue weighted by Crippen LogP contribution is 2.26. The molecular formula is C13H15NO2. The fourth-order valence-electron chi connectivity index (χ4n) is 1.51. The molecule has 1 aromatic heterocycles. The average Bonchev–Trinajstić information content (AvgIpc) is 2.78. The van der Waals surface area contributed by atoms with Crippen molar-refractivity contribution in [2.45, 2.75) is 20.0 Å². The summed E-state index contributed by atoms with van der Waals surface area (Å²) in [6.45, 7) is 3.90. The van der Waals surface area contributed by atoms with Gasteiger partial charge in [-0.3, -0.25) is 4.84 Å². The summed E-state index contributed by atoms with van der Waals surface area (Å²) in [6, 6.07) is 12.0. The number of benzene rings is 1. The van der Waals surface area contributed by atoms with Crippen LogP contribution in [0.1, 0.15) is 24.4 Å². The molecule has 1 aromatic carbocycles. The standard InChI is InChI=1S/C13H15NO2/c1-9-3-5-11(6-4-9)13-8-7-12(15-13)10(2)16-14/h3-8,10H,14H2,1-2H3. The molecule has 0 amide bonds. The second-order valence-electron chi connectivity index (χ2n) is 3.85. The van der Waals surface area contributed by atoms with Crippen LogP contribution in [0, 0.1) is 6.92 Å². The van der Waals surface area contributed by atoms with E-state index in [1.54, 1.807) is 0 Å². The third kappa shape index (κ3) is 2.15. The molecule has 0 aliphatic rings. The molecule has 0 saturated heterocycles. The van der Waals surface area contributed by atoms with Gasteiger partial charge in [-0.05, 0) is 26.0 Å². The Morgan fingerprint density at radius 3 is 2.44 bits per heavy atom. The molecule has 0 bridgehead atoms. The predicted octanol–water partition coefficient (Wildman–Crippen LogP) is 3.21. The summed E-state index contributed by atoms with van der Waals surface area (Å²) in [5.41, 5.74) is 2.29. The van der Waals surface area contributed by atoms with E-state index in [4.69, 9.17) is 15.2 Å². The van der Waals surface area contributed by atoms with E-state index in [0.717, 1.165) is 17.1 Å². The largest absolute Gasteiger partial charge is 0.458 e. The lowest BCUT2D eigenvalue weighted by atomic mass is 10.1. The molecule has 84 valence electrons. The van der Waals surface area contributed by atoms with Gasteiger partial charge >= 0.3 is 0 Å². The molecule has 2 N–H and O–H groups in total. The highest BCUT2D eigenvalue weighted by atomic mass is 16.6. The molecule has 0 spiro atoms. The minimum Gasteiger partial charge on any atom is -0.458 e. The van der Waals surface area contributed by atoms with Crippen LogP contribution in [0.15, 0.2) is 40.8 Å². The normalized spacial score (nSPS) is 12.7. The number of hydrogen-bond acceptors (Lipinski definition) is 3. The average molecular weight is 217 g/mol. The van der Waals surface area contributed by atoms with Crippen molar-refractivity contribution in [3.63, 3.8) is 0 Å². The van der Waals surface area contributed by atoms with E-state index >= 15 is 0 Å². The fraction of sp³-hybridized carbons (Fsp3) is 0.231. The third-order valence-electron chi connectivity index (χ3n) is 2.57. The van der Waals surface area contributed by atoms with Gasteiger partial charge in [-0.15, -0.1) is 0 Å². The maximum absolute atomic E-state index is 5.66. The molecule has 1 unspecified atom stereocenters. The lowest BCUT2D eigenvalue weighted by Gasteiger charge is -2.04. The van der Waals surface area contributed by atoms with Gasteiger partial charge in [-0.2, -0.15) is 0 Å². The molecule has 16 heavy (non-hydrogen) atoms. The van der Waals surface area contributed by atoms with Crippen LogP contribution in [0.2, 0.25) is 0 Å². The van der Waals surface area contributed by atoms with Crippen molar-refractivity contribution in [1.29, 1.82) is 0 Å². The number of hydrogen-bond donors (Lipinski definition) is 1. The van der Waals surface area contributed by atoms with E-state index in [2.05, 4.69) is 19.1 Å². The molecule has 2 rings (SSSR count). The Morgan fingerprint density at radius 1 is 1.12 bits per heavy atom. The molecule has 2 aromatic rings. The number of rotatable bonds is 3. The maximum Gasteiger partial charge on any atom is 0.135 e. The van der Waals surface area contributed by atoms with Crippen molar-refractivity contribution in [1.82, 2.24) is 0 Å². The molecule has 1 atom stereocenters. The van der Waals surface area contributed by atoms with Gasteiger partial charge in [0.1, 0.15) is 17.6 Å². The van der Waals surface area contributed by atoms with Crippen molar-refractivity contribution in [3.8, 4) is 11.3 Å². The molecule has 1 heterocycles. The van der Waals surface area contributed by atoms with E-state index in [9.17, 15) is 0 Å². The van der Waals surface area contributed by atoms with Gasteiger partial charge in [-0.1, -0.05) is 29.8 Å². The van der Waals surface area contributed by atoms with Gasteiger partial charge < -0.3 is 4.42 Å². The zero-order valence-corrected chi connectivity index (χ0v) is 9.44. The summed E-state index contributed by atoms with van der Waals surface area (Å²) < 4.78 is 5.66. The first kappa shape index (κ1) is 10.9. The van der Waals surface area contributed by atoms with Crippen molar-refractivity contribution in [2.75, 3.05) is 0 Å². The Bertz CT molecular complexity index is 459. The highest BCUT2D eigenvalue weighted by molar-refractivity contribution is 5.57. The first-order valence-corrected chi connectivity index (χ1v) is 5.23. The lowest BCUT2D eigenvalue weighted by Crippen LogP contribution is -2.03. The fourth-order valence-corrected chi connectivity index (χ4v) is 1.51. The molecule has 0 radical (unpaired) electrons. The van der Waals surface area contributed by atoms with E-state index in [-0.39, 0.29) is 6.10 Å². The lowest BCUT2D eigenvalue weighted by molar-refractivity contribution is 0.0513. The minimum atomic E-state index is -0.223. The highest BCUT2D eigenvalue weighted by Gasteiger charge is 2.10. The maximum atomic E-state index is 5.66. The van der Waals surface area contributed by atoms with E-state index in [1.807, 2.05) is 31.2 Å². The SMILES string of the molecule is Cc1ccc(-c2ccc(C(C)ON)o2)cc1. The topological polar surface area (TPSA) is 48.4 Å². The Hall–Kier alpha value is -1.58. The third-order valence-corrected chi connectivity index (χ3v) is 2.57. The molecular weight excluding hydrogens is 202 g/mol. The Balaban J connectivity index is 2.28. The Kier molecular flexibility index (Phi) is 3.08. The van der Waals surface area contributed by atoms with Crippen LogP contribution in [0.4, 0.5) is 0 Å². The first-order chi connectivity index (χ1) is 7.70. The summed E-state index contributed by atoms with van der Waals surface area (Å²) in [7, 11) is 0. The second kappa shape index (κ2) is 4.51. The molecule has 0 aliphatic carbocycles. The first-order valence-electron chi connectivity index (χ1n) is 5.23. The summed E-state index contributed by atoms with van der Waals surface area (Å²) in [4.78, 5) is 4.71. The van der Waals surface area contributed by atoms with Gasteiger partial charge in [0.15, 0.2) is 0 Å². The van der Waals surface area contributed by atoms with Crippen LogP contribution in [-0.2, 0) is 4.84 Å². The van der Waals surface area contributed by atoms with Crippen LogP contribution in [-0.4, -0.2) is 0 Å². The second-order valence-corrected chi connectivity index (χ2v) is 3.85. The molecule has 0 fully saturated rings. The Morgan fingerprint density at radius 2 is 1.81 bits per heavy atom. The van der Waals surface area contributed by atoms with Gasteiger partial charge in [-0.25, -0.2) is 5.90 Å². The van der Waals surface area contributed by atoms with Crippen molar-refractivity contribution >= 4 is 0 Å².